The van der Waals surface area contributed by atoms with E-state index in [-0.39, 0.29) is 17.3 Å². The Balaban J connectivity index is 1.94. The molecule has 2 heterocycles. The zero-order chi connectivity index (χ0) is 12.5. The van der Waals surface area contributed by atoms with Crippen molar-refractivity contribution in [3.8, 4) is 5.75 Å². The molecule has 3 rings (SSSR count). The molecule has 1 aliphatic rings. The molecule has 0 aliphatic carbocycles. The largest absolute Gasteiger partial charge is 0.482 e. The van der Waals surface area contributed by atoms with Crippen LogP contribution in [0, 0.1) is 0 Å². The lowest BCUT2D eigenvalue weighted by molar-refractivity contribution is -0.118. The zero-order valence-corrected chi connectivity index (χ0v) is 10.9. The Hall–Kier alpha value is -1.75. The number of carbonyl (C=O) groups is 1. The van der Waals surface area contributed by atoms with Crippen LogP contribution in [0.4, 0.5) is 5.69 Å². The monoisotopic (exact) mass is 307 g/mol. The maximum absolute atomic E-state index is 11.3. The van der Waals surface area contributed by atoms with E-state index in [1.807, 2.05) is 30.3 Å². The van der Waals surface area contributed by atoms with Crippen LogP contribution in [0.15, 0.2) is 41.0 Å². The molecule has 4 nitrogen and oxygen atoms in total. The van der Waals surface area contributed by atoms with Gasteiger partial charge < -0.3 is 14.5 Å². The van der Waals surface area contributed by atoms with Gasteiger partial charge in [0.1, 0.15) is 11.5 Å². The van der Waals surface area contributed by atoms with Crippen LogP contribution in [-0.4, -0.2) is 12.5 Å². The van der Waals surface area contributed by atoms with Crippen molar-refractivity contribution in [2.45, 2.75) is 4.83 Å². The molecular weight excluding hydrogens is 298 g/mol. The van der Waals surface area contributed by atoms with Gasteiger partial charge in [-0.1, -0.05) is 22.0 Å². The number of benzene rings is 1. The van der Waals surface area contributed by atoms with Gasteiger partial charge in [-0.25, -0.2) is 0 Å². The Kier molecular flexibility index (Phi) is 2.83. The van der Waals surface area contributed by atoms with Crippen molar-refractivity contribution in [1.82, 2.24) is 0 Å². The first-order valence-corrected chi connectivity index (χ1v) is 6.39. The van der Waals surface area contributed by atoms with Crippen LogP contribution >= 0.6 is 15.9 Å². The SMILES string of the molecule is O=C1COc2ccc(C(Br)c3ccco3)cc2N1. The van der Waals surface area contributed by atoms with Crippen LogP contribution in [0.3, 0.4) is 0 Å². The third kappa shape index (κ3) is 2.01. The number of furan rings is 1. The Bertz CT molecular complexity index is 580. The topological polar surface area (TPSA) is 51.5 Å². The van der Waals surface area contributed by atoms with Gasteiger partial charge in [0.25, 0.3) is 5.91 Å². The molecule has 0 saturated heterocycles. The predicted octanol–water partition coefficient (Wildman–Crippen LogP) is 3.09. The first kappa shape index (κ1) is 11.3. The molecule has 1 atom stereocenters. The molecule has 1 aliphatic heterocycles. The summed E-state index contributed by atoms with van der Waals surface area (Å²) in [6, 6.07) is 9.41. The summed E-state index contributed by atoms with van der Waals surface area (Å²) in [6.07, 6.45) is 1.63. The third-order valence-corrected chi connectivity index (χ3v) is 3.70. The van der Waals surface area contributed by atoms with E-state index in [1.165, 1.54) is 0 Å². The van der Waals surface area contributed by atoms with Crippen molar-refractivity contribution in [3.63, 3.8) is 0 Å². The normalized spacial score (nSPS) is 15.5. The van der Waals surface area contributed by atoms with Crippen molar-refractivity contribution >= 4 is 27.5 Å². The standard InChI is InChI=1S/C13H10BrNO3/c14-13(11-2-1-5-17-11)8-3-4-10-9(6-8)15-12(16)7-18-10/h1-6,13H,7H2,(H,15,16). The van der Waals surface area contributed by atoms with Gasteiger partial charge in [0.15, 0.2) is 6.61 Å². The second kappa shape index (κ2) is 4.49. The van der Waals surface area contributed by atoms with Crippen molar-refractivity contribution in [1.29, 1.82) is 0 Å². The Labute approximate surface area is 112 Å². The van der Waals surface area contributed by atoms with Gasteiger partial charge in [0, 0.05) is 0 Å². The molecular formula is C13H10BrNO3. The number of fused-ring (bicyclic) bond motifs is 1. The van der Waals surface area contributed by atoms with Gasteiger partial charge in [-0.2, -0.15) is 0 Å². The van der Waals surface area contributed by atoms with Crippen LogP contribution < -0.4 is 10.1 Å². The quantitative estimate of drug-likeness (QED) is 0.867. The highest BCUT2D eigenvalue weighted by Crippen LogP contribution is 2.36. The highest BCUT2D eigenvalue weighted by atomic mass is 79.9. The summed E-state index contributed by atoms with van der Waals surface area (Å²) in [6.45, 7) is 0.0717. The van der Waals surface area contributed by atoms with E-state index in [4.69, 9.17) is 9.15 Å². The first-order valence-electron chi connectivity index (χ1n) is 5.48. The van der Waals surface area contributed by atoms with E-state index in [2.05, 4.69) is 21.2 Å². The number of nitrogens with one attached hydrogen (secondary N) is 1. The second-order valence-electron chi connectivity index (χ2n) is 3.97. The molecule has 0 spiro atoms. The van der Waals surface area contributed by atoms with Crippen LogP contribution in [0.5, 0.6) is 5.75 Å². The third-order valence-electron chi connectivity index (χ3n) is 2.72. The summed E-state index contributed by atoms with van der Waals surface area (Å²) in [5.41, 5.74) is 1.69. The molecule has 0 bridgehead atoms. The molecule has 92 valence electrons. The number of alkyl halides is 1. The minimum Gasteiger partial charge on any atom is -0.482 e. The summed E-state index contributed by atoms with van der Waals surface area (Å²) in [5.74, 6) is 1.37. The lowest BCUT2D eigenvalue weighted by atomic mass is 10.1. The lowest BCUT2D eigenvalue weighted by Crippen LogP contribution is -2.25. The van der Waals surface area contributed by atoms with Gasteiger partial charge in [-0.15, -0.1) is 0 Å². The number of halogens is 1. The fourth-order valence-corrected chi connectivity index (χ4v) is 2.40. The maximum Gasteiger partial charge on any atom is 0.262 e. The fourth-order valence-electron chi connectivity index (χ4n) is 1.86. The highest BCUT2D eigenvalue weighted by molar-refractivity contribution is 9.09. The molecule has 1 amide bonds. The maximum atomic E-state index is 11.3. The minimum absolute atomic E-state index is 0.0448. The molecule has 0 radical (unpaired) electrons. The van der Waals surface area contributed by atoms with Gasteiger partial charge in [0.2, 0.25) is 0 Å². The van der Waals surface area contributed by atoms with Crippen LogP contribution in [0.25, 0.3) is 0 Å². The first-order chi connectivity index (χ1) is 8.74. The van der Waals surface area contributed by atoms with Crippen LogP contribution in [0.2, 0.25) is 0 Å². The number of anilines is 1. The number of hydrogen-bond donors (Lipinski definition) is 1. The number of amides is 1. The van der Waals surface area contributed by atoms with Crippen molar-refractivity contribution in [2.24, 2.45) is 0 Å². The molecule has 1 aromatic carbocycles. The van der Waals surface area contributed by atoms with E-state index < -0.39 is 0 Å². The number of hydrogen-bond acceptors (Lipinski definition) is 3. The molecule has 0 saturated carbocycles. The van der Waals surface area contributed by atoms with Gasteiger partial charge in [-0.3, -0.25) is 4.79 Å². The molecule has 1 aromatic heterocycles. The number of carbonyl (C=O) groups excluding carboxylic acids is 1. The molecule has 1 N–H and O–H groups in total. The molecule has 0 fully saturated rings. The second-order valence-corrected chi connectivity index (χ2v) is 4.89. The van der Waals surface area contributed by atoms with E-state index in [0.717, 1.165) is 11.3 Å². The smallest absolute Gasteiger partial charge is 0.262 e. The highest BCUT2D eigenvalue weighted by Gasteiger charge is 2.19. The number of ether oxygens (including phenoxy) is 1. The lowest BCUT2D eigenvalue weighted by Gasteiger charge is -2.19. The average Bonchev–Trinajstić information content (AvgIpc) is 2.90. The predicted molar refractivity (Wildman–Crippen MR) is 70.0 cm³/mol. The molecule has 5 heteroatoms. The number of rotatable bonds is 2. The minimum atomic E-state index is -0.135. The van der Waals surface area contributed by atoms with Crippen molar-refractivity contribution in [3.05, 3.63) is 47.9 Å². The summed E-state index contributed by atoms with van der Waals surface area (Å²) in [4.78, 5) is 11.2. The summed E-state index contributed by atoms with van der Waals surface area (Å²) < 4.78 is 10.7. The van der Waals surface area contributed by atoms with E-state index in [0.29, 0.717) is 11.4 Å². The Morgan fingerprint density at radius 1 is 1.33 bits per heavy atom. The van der Waals surface area contributed by atoms with Gasteiger partial charge in [0.05, 0.1) is 16.8 Å². The van der Waals surface area contributed by atoms with Gasteiger partial charge in [-0.05, 0) is 29.8 Å². The molecule has 1 unspecified atom stereocenters. The molecule has 2 aromatic rings. The van der Waals surface area contributed by atoms with E-state index in [9.17, 15) is 4.79 Å². The molecule has 18 heavy (non-hydrogen) atoms. The fraction of sp³-hybridized carbons (Fsp3) is 0.154. The van der Waals surface area contributed by atoms with E-state index >= 15 is 0 Å². The average molecular weight is 308 g/mol. The Morgan fingerprint density at radius 3 is 3.00 bits per heavy atom. The summed E-state index contributed by atoms with van der Waals surface area (Å²) in [5, 5.41) is 2.79. The van der Waals surface area contributed by atoms with Crippen molar-refractivity contribution < 1.29 is 13.9 Å². The van der Waals surface area contributed by atoms with Gasteiger partial charge >= 0.3 is 0 Å². The zero-order valence-electron chi connectivity index (χ0n) is 9.35. The van der Waals surface area contributed by atoms with E-state index in [1.54, 1.807) is 6.26 Å². The van der Waals surface area contributed by atoms with Crippen molar-refractivity contribution in [2.75, 3.05) is 11.9 Å². The summed E-state index contributed by atoms with van der Waals surface area (Å²) >= 11 is 3.57. The summed E-state index contributed by atoms with van der Waals surface area (Å²) in [7, 11) is 0. The van der Waals surface area contributed by atoms with Crippen LogP contribution in [-0.2, 0) is 4.79 Å². The Morgan fingerprint density at radius 2 is 2.22 bits per heavy atom. The van der Waals surface area contributed by atoms with Crippen LogP contribution in [0.1, 0.15) is 16.2 Å².